The van der Waals surface area contributed by atoms with Gasteiger partial charge in [-0.3, -0.25) is 4.72 Å². The highest BCUT2D eigenvalue weighted by Crippen LogP contribution is 2.33. The summed E-state index contributed by atoms with van der Waals surface area (Å²) < 4.78 is 24.8. The van der Waals surface area contributed by atoms with E-state index in [1.807, 2.05) is 12.1 Å². The summed E-state index contributed by atoms with van der Waals surface area (Å²) in [4.78, 5) is 0. The van der Waals surface area contributed by atoms with E-state index in [1.54, 1.807) is 12.1 Å². The highest BCUT2D eigenvalue weighted by atomic mass is 32.2. The molecule has 3 rings (SSSR count). The van der Waals surface area contributed by atoms with Crippen LogP contribution in [0.5, 0.6) is 0 Å². The van der Waals surface area contributed by atoms with Crippen molar-refractivity contribution >= 4 is 21.4 Å². The topological polar surface area (TPSA) is 58.2 Å². The number of aryl methyl sites for hydroxylation is 1. The number of hydrogen-bond donors (Lipinski definition) is 2. The molecule has 0 fully saturated rings. The molecule has 21 heavy (non-hydrogen) atoms. The Kier molecular flexibility index (Phi) is 3.59. The Morgan fingerprint density at radius 2 is 1.67 bits per heavy atom. The van der Waals surface area contributed by atoms with Gasteiger partial charge in [0.1, 0.15) is 0 Å². The number of benzene rings is 2. The zero-order chi connectivity index (χ0) is 14.9. The lowest BCUT2D eigenvalue weighted by molar-refractivity contribution is 0.607. The molecule has 2 N–H and O–H groups in total. The summed E-state index contributed by atoms with van der Waals surface area (Å²) in [5.74, 6) is 0. The molecule has 0 spiro atoms. The molecule has 110 valence electrons. The van der Waals surface area contributed by atoms with Crippen molar-refractivity contribution in [3.63, 3.8) is 0 Å². The molecule has 5 heteroatoms. The van der Waals surface area contributed by atoms with Gasteiger partial charge >= 0.3 is 0 Å². The summed E-state index contributed by atoms with van der Waals surface area (Å²) in [6.45, 7) is 0. The van der Waals surface area contributed by atoms with Gasteiger partial charge in [-0.1, -0.05) is 24.3 Å². The van der Waals surface area contributed by atoms with Gasteiger partial charge in [0.05, 0.1) is 12.3 Å². The van der Waals surface area contributed by atoms with Gasteiger partial charge in [-0.05, 0) is 48.2 Å². The largest absolute Gasteiger partial charge is 0.378 e. The van der Waals surface area contributed by atoms with Gasteiger partial charge in [-0.25, -0.2) is 8.42 Å². The molecule has 0 aromatic heterocycles. The quantitative estimate of drug-likeness (QED) is 0.912. The Bertz CT molecular complexity index is 739. The second-order valence-corrected chi connectivity index (χ2v) is 7.13. The molecule has 1 aliphatic rings. The number of nitrogens with one attached hydrogen (secondary N) is 2. The van der Waals surface area contributed by atoms with Crippen LogP contribution in [-0.2, 0) is 16.4 Å². The molecular weight excluding hydrogens is 284 g/mol. The zero-order valence-electron chi connectivity index (χ0n) is 11.8. The summed E-state index contributed by atoms with van der Waals surface area (Å²) in [5, 5.41) is 3.51. The molecule has 1 aliphatic carbocycles. The van der Waals surface area contributed by atoms with Gasteiger partial charge in [0.2, 0.25) is 10.0 Å². The molecule has 0 heterocycles. The van der Waals surface area contributed by atoms with Crippen molar-refractivity contribution in [2.75, 3.05) is 16.3 Å². The van der Waals surface area contributed by atoms with Crippen LogP contribution in [0.1, 0.15) is 23.6 Å². The molecule has 2 aromatic rings. The molecule has 0 aliphatic heterocycles. The number of fused-ring (bicyclic) bond motifs is 1. The van der Waals surface area contributed by atoms with Crippen LogP contribution in [0.4, 0.5) is 11.4 Å². The maximum atomic E-state index is 11.2. The number of rotatable bonds is 4. The predicted octanol–water partition coefficient (Wildman–Crippen LogP) is 3.16. The van der Waals surface area contributed by atoms with E-state index < -0.39 is 10.0 Å². The monoisotopic (exact) mass is 302 g/mol. The average molecular weight is 302 g/mol. The van der Waals surface area contributed by atoms with Crippen LogP contribution in [0, 0.1) is 0 Å². The van der Waals surface area contributed by atoms with Crippen LogP contribution in [0.2, 0.25) is 0 Å². The Morgan fingerprint density at radius 3 is 2.38 bits per heavy atom. The van der Waals surface area contributed by atoms with E-state index in [4.69, 9.17) is 0 Å². The number of sulfonamides is 1. The lowest BCUT2D eigenvalue weighted by Gasteiger charge is -2.16. The van der Waals surface area contributed by atoms with Crippen LogP contribution in [-0.4, -0.2) is 14.7 Å². The van der Waals surface area contributed by atoms with E-state index in [-0.39, 0.29) is 0 Å². The molecule has 1 unspecified atom stereocenters. The van der Waals surface area contributed by atoms with E-state index in [0.29, 0.717) is 11.7 Å². The summed E-state index contributed by atoms with van der Waals surface area (Å²) in [5.41, 5.74) is 4.34. The molecule has 0 bridgehead atoms. The lowest BCUT2D eigenvalue weighted by Crippen LogP contribution is -2.10. The fourth-order valence-corrected chi connectivity index (χ4v) is 3.32. The van der Waals surface area contributed by atoms with Crippen molar-refractivity contribution in [2.24, 2.45) is 0 Å². The van der Waals surface area contributed by atoms with E-state index in [0.717, 1.165) is 24.8 Å². The first-order chi connectivity index (χ1) is 10.0. The van der Waals surface area contributed by atoms with Crippen LogP contribution in [0.3, 0.4) is 0 Å². The highest BCUT2D eigenvalue weighted by Gasteiger charge is 2.21. The SMILES string of the molecule is CS(=O)(=O)Nc1ccc(NC2CCc3ccccc32)cc1. The third kappa shape index (κ3) is 3.36. The van der Waals surface area contributed by atoms with Gasteiger partial charge in [0.25, 0.3) is 0 Å². The van der Waals surface area contributed by atoms with Crippen LogP contribution in [0.15, 0.2) is 48.5 Å². The molecule has 0 amide bonds. The van der Waals surface area contributed by atoms with E-state index in [9.17, 15) is 8.42 Å². The second kappa shape index (κ2) is 5.41. The summed E-state index contributed by atoms with van der Waals surface area (Å²) in [6.07, 6.45) is 3.33. The predicted molar refractivity (Wildman–Crippen MR) is 86.0 cm³/mol. The van der Waals surface area contributed by atoms with E-state index in [2.05, 4.69) is 34.3 Å². The molecule has 0 radical (unpaired) electrons. The van der Waals surface area contributed by atoms with Gasteiger partial charge in [0.15, 0.2) is 0 Å². The molecule has 0 saturated carbocycles. The van der Waals surface area contributed by atoms with Gasteiger partial charge in [-0.2, -0.15) is 0 Å². The normalized spacial score (nSPS) is 17.3. The molecule has 4 nitrogen and oxygen atoms in total. The molecular formula is C16H18N2O2S. The number of anilines is 2. The first-order valence-corrected chi connectivity index (χ1v) is 8.82. The Hall–Kier alpha value is -2.01. The summed E-state index contributed by atoms with van der Waals surface area (Å²) in [6, 6.07) is 16.1. The lowest BCUT2D eigenvalue weighted by atomic mass is 10.1. The number of hydrogen-bond acceptors (Lipinski definition) is 3. The van der Waals surface area contributed by atoms with E-state index >= 15 is 0 Å². The van der Waals surface area contributed by atoms with Crippen molar-refractivity contribution in [3.05, 3.63) is 59.7 Å². The minimum Gasteiger partial charge on any atom is -0.378 e. The molecule has 1 atom stereocenters. The Labute approximate surface area is 125 Å². The third-order valence-electron chi connectivity index (χ3n) is 3.66. The van der Waals surface area contributed by atoms with Gasteiger partial charge in [-0.15, -0.1) is 0 Å². The van der Waals surface area contributed by atoms with Crippen molar-refractivity contribution in [2.45, 2.75) is 18.9 Å². The molecule has 0 saturated heterocycles. The van der Waals surface area contributed by atoms with Crippen LogP contribution in [0.25, 0.3) is 0 Å². The highest BCUT2D eigenvalue weighted by molar-refractivity contribution is 7.92. The Balaban J connectivity index is 1.72. The van der Waals surface area contributed by atoms with Crippen molar-refractivity contribution in [1.82, 2.24) is 0 Å². The fraction of sp³-hybridized carbons (Fsp3) is 0.250. The second-order valence-electron chi connectivity index (χ2n) is 5.39. The van der Waals surface area contributed by atoms with Gasteiger partial charge in [0, 0.05) is 11.4 Å². The molecule has 2 aromatic carbocycles. The third-order valence-corrected chi connectivity index (χ3v) is 4.27. The van der Waals surface area contributed by atoms with Crippen LogP contribution >= 0.6 is 0 Å². The van der Waals surface area contributed by atoms with Gasteiger partial charge < -0.3 is 5.32 Å². The maximum Gasteiger partial charge on any atom is 0.229 e. The average Bonchev–Trinajstić information content (AvgIpc) is 2.83. The first kappa shape index (κ1) is 13.9. The summed E-state index contributed by atoms with van der Waals surface area (Å²) >= 11 is 0. The van der Waals surface area contributed by atoms with Crippen molar-refractivity contribution in [1.29, 1.82) is 0 Å². The fourth-order valence-electron chi connectivity index (χ4n) is 2.76. The zero-order valence-corrected chi connectivity index (χ0v) is 12.7. The van der Waals surface area contributed by atoms with Crippen molar-refractivity contribution < 1.29 is 8.42 Å². The summed E-state index contributed by atoms with van der Waals surface area (Å²) in [7, 11) is -3.22. The maximum absolute atomic E-state index is 11.2. The standard InChI is InChI=1S/C16H18N2O2S/c1-21(19,20)18-14-9-7-13(8-10-14)17-16-11-6-12-4-2-3-5-15(12)16/h2-5,7-10,16-18H,6,11H2,1H3. The first-order valence-electron chi connectivity index (χ1n) is 6.93. The minimum absolute atomic E-state index is 0.329. The van der Waals surface area contributed by atoms with Crippen molar-refractivity contribution in [3.8, 4) is 0 Å². The van der Waals surface area contributed by atoms with Crippen LogP contribution < -0.4 is 10.0 Å². The van der Waals surface area contributed by atoms with E-state index in [1.165, 1.54) is 11.1 Å². The smallest absolute Gasteiger partial charge is 0.229 e. The Morgan fingerprint density at radius 1 is 1.00 bits per heavy atom. The minimum atomic E-state index is -3.22.